The maximum Gasteiger partial charge on any atom is 0.317 e. The maximum atomic E-state index is 13.5. The number of carbonyl (C=O) groups excluding carboxylic acids is 1. The molecule has 8 heteroatoms. The molecular formula is C19H23F2N3O3. The Bertz CT molecular complexity index is 805. The number of aromatic nitrogens is 1. The van der Waals surface area contributed by atoms with Crippen LogP contribution in [0.15, 0.2) is 22.7 Å². The van der Waals surface area contributed by atoms with Crippen LogP contribution in [0.3, 0.4) is 0 Å². The fourth-order valence-electron chi connectivity index (χ4n) is 3.20. The smallest absolute Gasteiger partial charge is 0.317 e. The Labute approximate surface area is 156 Å². The standard InChI is InChI=1S/C19H23F2N3O3/c1-11(8-15-12(2)23-27-13(15)3)22-19(25)24-6-7-26-18(10-24)14-4-5-16(20)17(21)9-14/h4-5,9,11,18H,6-8,10H2,1-3H3,(H,22,25)/t11-,18-/m0/s1. The van der Waals surface area contributed by atoms with Crippen molar-refractivity contribution in [2.24, 2.45) is 0 Å². The van der Waals surface area contributed by atoms with E-state index < -0.39 is 17.7 Å². The zero-order valence-electron chi connectivity index (χ0n) is 15.6. The molecule has 146 valence electrons. The molecule has 0 unspecified atom stereocenters. The van der Waals surface area contributed by atoms with Gasteiger partial charge in [0.1, 0.15) is 11.9 Å². The van der Waals surface area contributed by atoms with Crippen LogP contribution in [0.1, 0.15) is 35.6 Å². The van der Waals surface area contributed by atoms with Gasteiger partial charge in [0, 0.05) is 18.2 Å². The van der Waals surface area contributed by atoms with Crippen LogP contribution in [0.5, 0.6) is 0 Å². The van der Waals surface area contributed by atoms with Gasteiger partial charge in [-0.2, -0.15) is 0 Å². The summed E-state index contributed by atoms with van der Waals surface area (Å²) in [5.74, 6) is -1.08. The van der Waals surface area contributed by atoms with Crippen LogP contribution in [0.4, 0.5) is 13.6 Å². The quantitative estimate of drug-likeness (QED) is 0.885. The van der Waals surface area contributed by atoms with Gasteiger partial charge >= 0.3 is 6.03 Å². The molecule has 2 amide bonds. The number of rotatable bonds is 4. The highest BCUT2D eigenvalue weighted by Crippen LogP contribution is 2.24. The van der Waals surface area contributed by atoms with E-state index in [1.807, 2.05) is 20.8 Å². The van der Waals surface area contributed by atoms with Gasteiger partial charge in [-0.05, 0) is 44.9 Å². The minimum atomic E-state index is -0.925. The third-order valence-corrected chi connectivity index (χ3v) is 4.73. The molecule has 1 aromatic carbocycles. The lowest BCUT2D eigenvalue weighted by atomic mass is 10.1. The highest BCUT2D eigenvalue weighted by atomic mass is 19.2. The molecule has 3 rings (SSSR count). The van der Waals surface area contributed by atoms with Crippen molar-refractivity contribution in [3.05, 3.63) is 52.4 Å². The van der Waals surface area contributed by atoms with Gasteiger partial charge in [-0.15, -0.1) is 0 Å². The van der Waals surface area contributed by atoms with Gasteiger partial charge < -0.3 is 19.5 Å². The van der Waals surface area contributed by atoms with E-state index in [0.29, 0.717) is 25.1 Å². The van der Waals surface area contributed by atoms with Crippen LogP contribution in [-0.4, -0.2) is 41.8 Å². The molecular weight excluding hydrogens is 356 g/mol. The topological polar surface area (TPSA) is 67.6 Å². The number of carbonyl (C=O) groups is 1. The predicted molar refractivity (Wildman–Crippen MR) is 94.3 cm³/mol. The van der Waals surface area contributed by atoms with Crippen molar-refractivity contribution in [3.8, 4) is 0 Å². The van der Waals surface area contributed by atoms with E-state index in [1.165, 1.54) is 6.07 Å². The van der Waals surface area contributed by atoms with Gasteiger partial charge in [0.2, 0.25) is 0 Å². The Morgan fingerprint density at radius 2 is 2.15 bits per heavy atom. The number of benzene rings is 1. The SMILES string of the molecule is Cc1noc(C)c1C[C@H](C)NC(=O)N1CCO[C@H](c2ccc(F)c(F)c2)C1. The van der Waals surface area contributed by atoms with Gasteiger partial charge in [-0.25, -0.2) is 13.6 Å². The third kappa shape index (κ3) is 4.44. The van der Waals surface area contributed by atoms with Crippen molar-refractivity contribution < 1.29 is 22.8 Å². The summed E-state index contributed by atoms with van der Waals surface area (Å²) in [5.41, 5.74) is 2.32. The van der Waals surface area contributed by atoms with Crippen LogP contribution in [0.25, 0.3) is 0 Å². The number of nitrogens with zero attached hydrogens (tertiary/aromatic N) is 2. The molecule has 0 aliphatic carbocycles. The summed E-state index contributed by atoms with van der Waals surface area (Å²) in [6.45, 7) is 6.67. The van der Waals surface area contributed by atoms with Gasteiger partial charge in [0.25, 0.3) is 0 Å². The number of aryl methyl sites for hydroxylation is 2. The highest BCUT2D eigenvalue weighted by molar-refractivity contribution is 5.74. The Hall–Kier alpha value is -2.48. The third-order valence-electron chi connectivity index (χ3n) is 4.73. The number of ether oxygens (including phenoxy) is 1. The van der Waals surface area contributed by atoms with Crippen LogP contribution in [-0.2, 0) is 11.2 Å². The molecule has 1 fully saturated rings. The Kier molecular flexibility index (Phi) is 5.74. The number of urea groups is 1. The number of nitrogens with one attached hydrogen (secondary N) is 1. The van der Waals surface area contributed by atoms with Crippen molar-refractivity contribution in [2.45, 2.75) is 39.3 Å². The summed E-state index contributed by atoms with van der Waals surface area (Å²) in [6, 6.07) is 3.33. The zero-order chi connectivity index (χ0) is 19.6. The largest absolute Gasteiger partial charge is 0.370 e. The first-order chi connectivity index (χ1) is 12.8. The molecule has 1 aliphatic rings. The summed E-state index contributed by atoms with van der Waals surface area (Å²) in [6.07, 6.45) is 0.126. The van der Waals surface area contributed by atoms with Crippen LogP contribution in [0, 0.1) is 25.5 Å². The molecule has 0 bridgehead atoms. The van der Waals surface area contributed by atoms with E-state index in [0.717, 1.165) is 29.2 Å². The van der Waals surface area contributed by atoms with E-state index in [9.17, 15) is 13.6 Å². The fourth-order valence-corrected chi connectivity index (χ4v) is 3.20. The minimum absolute atomic E-state index is 0.112. The second kappa shape index (κ2) is 8.04. The van der Waals surface area contributed by atoms with Crippen molar-refractivity contribution in [1.82, 2.24) is 15.4 Å². The molecule has 1 saturated heterocycles. The highest BCUT2D eigenvalue weighted by Gasteiger charge is 2.27. The predicted octanol–water partition coefficient (Wildman–Crippen LogP) is 3.28. The lowest BCUT2D eigenvalue weighted by Gasteiger charge is -2.34. The number of morpholine rings is 1. The van der Waals surface area contributed by atoms with Crippen molar-refractivity contribution in [1.29, 1.82) is 0 Å². The second-order valence-corrected chi connectivity index (χ2v) is 6.84. The van der Waals surface area contributed by atoms with Crippen molar-refractivity contribution in [3.63, 3.8) is 0 Å². The number of hydrogen-bond acceptors (Lipinski definition) is 4. The lowest BCUT2D eigenvalue weighted by molar-refractivity contribution is -0.0159. The summed E-state index contributed by atoms with van der Waals surface area (Å²) >= 11 is 0. The normalized spacial score (nSPS) is 18.4. The van der Waals surface area contributed by atoms with E-state index in [4.69, 9.17) is 9.26 Å². The van der Waals surface area contributed by atoms with Crippen molar-refractivity contribution in [2.75, 3.05) is 19.7 Å². The first kappa shape index (κ1) is 19.3. The average molecular weight is 379 g/mol. The van der Waals surface area contributed by atoms with E-state index >= 15 is 0 Å². The number of halogens is 2. The zero-order valence-corrected chi connectivity index (χ0v) is 15.6. The van der Waals surface area contributed by atoms with E-state index in [-0.39, 0.29) is 18.6 Å². The molecule has 27 heavy (non-hydrogen) atoms. The van der Waals surface area contributed by atoms with Crippen molar-refractivity contribution >= 4 is 6.03 Å². The summed E-state index contributed by atoms with van der Waals surface area (Å²) in [5, 5.41) is 6.89. The van der Waals surface area contributed by atoms with Crippen LogP contribution < -0.4 is 5.32 Å². The van der Waals surface area contributed by atoms with E-state index in [2.05, 4.69) is 10.5 Å². The minimum Gasteiger partial charge on any atom is -0.370 e. The first-order valence-corrected chi connectivity index (χ1v) is 8.89. The lowest BCUT2D eigenvalue weighted by Crippen LogP contribution is -2.49. The van der Waals surface area contributed by atoms with Gasteiger partial charge in [0.05, 0.1) is 18.8 Å². The van der Waals surface area contributed by atoms with Gasteiger partial charge in [-0.3, -0.25) is 0 Å². The average Bonchev–Trinajstić information content (AvgIpc) is 2.96. The summed E-state index contributed by atoms with van der Waals surface area (Å²) in [7, 11) is 0. The number of hydrogen-bond donors (Lipinski definition) is 1. The van der Waals surface area contributed by atoms with Gasteiger partial charge in [0.15, 0.2) is 11.6 Å². The molecule has 1 aliphatic heterocycles. The molecule has 0 spiro atoms. The monoisotopic (exact) mass is 379 g/mol. The van der Waals surface area contributed by atoms with Crippen LogP contribution >= 0.6 is 0 Å². The maximum absolute atomic E-state index is 13.5. The summed E-state index contributed by atoms with van der Waals surface area (Å²) < 4.78 is 37.4. The molecule has 0 radical (unpaired) electrons. The molecule has 1 aromatic heterocycles. The second-order valence-electron chi connectivity index (χ2n) is 6.84. The molecule has 2 aromatic rings. The molecule has 0 saturated carbocycles. The molecule has 6 nitrogen and oxygen atoms in total. The molecule has 2 atom stereocenters. The fraction of sp³-hybridized carbons (Fsp3) is 0.474. The molecule has 1 N–H and O–H groups in total. The van der Waals surface area contributed by atoms with Gasteiger partial charge in [-0.1, -0.05) is 11.2 Å². The Morgan fingerprint density at radius 3 is 2.81 bits per heavy atom. The number of amides is 2. The Balaban J connectivity index is 1.60. The van der Waals surface area contributed by atoms with E-state index in [1.54, 1.807) is 4.90 Å². The first-order valence-electron chi connectivity index (χ1n) is 8.89. The molecule has 2 heterocycles. The summed E-state index contributed by atoms with van der Waals surface area (Å²) in [4.78, 5) is 14.2. The Morgan fingerprint density at radius 1 is 1.37 bits per heavy atom. The van der Waals surface area contributed by atoms with Crippen LogP contribution in [0.2, 0.25) is 0 Å².